The van der Waals surface area contributed by atoms with Gasteiger partial charge in [-0.15, -0.1) is 11.6 Å². The molecule has 0 aliphatic carbocycles. The molecular weight excluding hydrogens is 244 g/mol. The standard InChI is InChI=1S/C12H15ClO4/c13-5-1-2-8-3-4-9(6-10(8)7-14)11(15)12(16)17/h3-4,6,11,14-15H,1-2,5,7H2,(H,16,17). The molecule has 0 amide bonds. The number of halogens is 1. The van der Waals surface area contributed by atoms with Gasteiger partial charge in [-0.05, 0) is 29.5 Å². The predicted octanol–water partition coefficient (Wildman–Crippen LogP) is 1.47. The molecule has 0 aliphatic rings. The summed E-state index contributed by atoms with van der Waals surface area (Å²) >= 11 is 5.59. The molecule has 0 heterocycles. The van der Waals surface area contributed by atoms with Crippen LogP contribution in [0.2, 0.25) is 0 Å². The van der Waals surface area contributed by atoms with Crippen LogP contribution >= 0.6 is 11.6 Å². The Kier molecular flexibility index (Phi) is 5.41. The van der Waals surface area contributed by atoms with Crippen molar-refractivity contribution in [1.82, 2.24) is 0 Å². The van der Waals surface area contributed by atoms with Gasteiger partial charge in [0.1, 0.15) is 0 Å². The lowest BCUT2D eigenvalue weighted by molar-refractivity contribution is -0.146. The number of hydrogen-bond acceptors (Lipinski definition) is 3. The molecular formula is C12H15ClO4. The van der Waals surface area contributed by atoms with Crippen LogP contribution in [-0.4, -0.2) is 27.2 Å². The van der Waals surface area contributed by atoms with Gasteiger partial charge in [0.2, 0.25) is 0 Å². The Morgan fingerprint density at radius 1 is 1.35 bits per heavy atom. The fraction of sp³-hybridized carbons (Fsp3) is 0.417. The second-order valence-corrected chi connectivity index (χ2v) is 4.10. The number of carboxylic acids is 1. The summed E-state index contributed by atoms with van der Waals surface area (Å²) in [5.41, 5.74) is 1.83. The summed E-state index contributed by atoms with van der Waals surface area (Å²) in [4.78, 5) is 10.6. The lowest BCUT2D eigenvalue weighted by atomic mass is 9.98. The summed E-state index contributed by atoms with van der Waals surface area (Å²) in [5.74, 6) is -0.771. The molecule has 17 heavy (non-hydrogen) atoms. The summed E-state index contributed by atoms with van der Waals surface area (Å²) < 4.78 is 0. The van der Waals surface area contributed by atoms with Crippen molar-refractivity contribution in [3.8, 4) is 0 Å². The first-order valence-corrected chi connectivity index (χ1v) is 5.83. The first kappa shape index (κ1) is 14.0. The zero-order valence-corrected chi connectivity index (χ0v) is 10.0. The number of alkyl halides is 1. The Bertz CT molecular complexity index is 392. The van der Waals surface area contributed by atoms with Crippen molar-refractivity contribution in [2.45, 2.75) is 25.6 Å². The highest BCUT2D eigenvalue weighted by Crippen LogP contribution is 2.19. The normalized spacial score (nSPS) is 12.4. The lowest BCUT2D eigenvalue weighted by Crippen LogP contribution is -2.11. The van der Waals surface area contributed by atoms with Crippen LogP contribution in [0.1, 0.15) is 29.2 Å². The quantitative estimate of drug-likeness (QED) is 0.675. The maximum absolute atomic E-state index is 10.6. The Balaban J connectivity index is 2.95. The number of aliphatic carboxylic acids is 1. The van der Waals surface area contributed by atoms with E-state index in [4.69, 9.17) is 16.7 Å². The van der Waals surface area contributed by atoms with Gasteiger partial charge in [-0.2, -0.15) is 0 Å². The van der Waals surface area contributed by atoms with E-state index in [1.54, 1.807) is 12.1 Å². The molecule has 0 spiro atoms. The second kappa shape index (κ2) is 6.59. The number of rotatable bonds is 6. The van der Waals surface area contributed by atoms with E-state index in [1.165, 1.54) is 6.07 Å². The summed E-state index contributed by atoms with van der Waals surface area (Å²) in [6.07, 6.45) is -0.0412. The number of aliphatic hydroxyl groups is 2. The predicted molar refractivity (Wildman–Crippen MR) is 64.0 cm³/mol. The van der Waals surface area contributed by atoms with E-state index in [0.29, 0.717) is 11.4 Å². The molecule has 1 aromatic rings. The molecule has 5 heteroatoms. The van der Waals surface area contributed by atoms with Crippen molar-refractivity contribution in [2.24, 2.45) is 0 Å². The molecule has 0 bridgehead atoms. The number of aryl methyl sites for hydroxylation is 1. The fourth-order valence-electron chi connectivity index (χ4n) is 1.61. The Morgan fingerprint density at radius 3 is 2.59 bits per heavy atom. The van der Waals surface area contributed by atoms with Crippen LogP contribution < -0.4 is 0 Å². The largest absolute Gasteiger partial charge is 0.479 e. The van der Waals surface area contributed by atoms with Gasteiger partial charge in [0.15, 0.2) is 6.10 Å². The van der Waals surface area contributed by atoms with Gasteiger partial charge in [-0.1, -0.05) is 18.2 Å². The topological polar surface area (TPSA) is 77.8 Å². The van der Waals surface area contributed by atoms with E-state index in [2.05, 4.69) is 0 Å². The molecule has 4 nitrogen and oxygen atoms in total. The Labute approximate surface area is 104 Å². The van der Waals surface area contributed by atoms with Crippen molar-refractivity contribution in [3.05, 3.63) is 34.9 Å². The van der Waals surface area contributed by atoms with E-state index in [9.17, 15) is 15.0 Å². The zero-order valence-electron chi connectivity index (χ0n) is 9.27. The van der Waals surface area contributed by atoms with Gasteiger partial charge >= 0.3 is 5.97 Å². The molecule has 0 fully saturated rings. The molecule has 0 aliphatic heterocycles. The third-order valence-electron chi connectivity index (χ3n) is 2.53. The Hall–Kier alpha value is -1.10. The lowest BCUT2D eigenvalue weighted by Gasteiger charge is -2.11. The first-order chi connectivity index (χ1) is 8.10. The van der Waals surface area contributed by atoms with Gasteiger partial charge in [-0.3, -0.25) is 0 Å². The number of carbonyl (C=O) groups is 1. The van der Waals surface area contributed by atoms with Crippen molar-refractivity contribution in [3.63, 3.8) is 0 Å². The van der Waals surface area contributed by atoms with Crippen LogP contribution in [0.5, 0.6) is 0 Å². The minimum atomic E-state index is -1.55. The molecule has 3 N–H and O–H groups in total. The molecule has 94 valence electrons. The van der Waals surface area contributed by atoms with Crippen LogP contribution in [0.25, 0.3) is 0 Å². The van der Waals surface area contributed by atoms with E-state index < -0.39 is 12.1 Å². The molecule has 1 unspecified atom stereocenters. The van der Waals surface area contributed by atoms with Crippen LogP contribution in [-0.2, 0) is 17.8 Å². The van der Waals surface area contributed by atoms with Gasteiger partial charge < -0.3 is 15.3 Å². The molecule has 1 aromatic carbocycles. The maximum atomic E-state index is 10.6. The highest BCUT2D eigenvalue weighted by atomic mass is 35.5. The third-order valence-corrected chi connectivity index (χ3v) is 2.80. The van der Waals surface area contributed by atoms with Crippen LogP contribution in [0.3, 0.4) is 0 Å². The van der Waals surface area contributed by atoms with E-state index in [1.807, 2.05) is 0 Å². The highest BCUT2D eigenvalue weighted by molar-refractivity contribution is 6.17. The number of hydrogen-bond donors (Lipinski definition) is 3. The van der Waals surface area contributed by atoms with Gasteiger partial charge in [0.05, 0.1) is 6.61 Å². The van der Waals surface area contributed by atoms with Crippen molar-refractivity contribution < 1.29 is 20.1 Å². The Morgan fingerprint density at radius 2 is 2.06 bits per heavy atom. The summed E-state index contributed by atoms with van der Waals surface area (Å²) in [7, 11) is 0. The molecule has 1 rings (SSSR count). The average molecular weight is 259 g/mol. The molecule has 0 aromatic heterocycles. The van der Waals surface area contributed by atoms with E-state index in [0.717, 1.165) is 18.4 Å². The third kappa shape index (κ3) is 3.70. The summed E-state index contributed by atoms with van der Waals surface area (Å²) in [6, 6.07) is 4.80. The number of aliphatic hydroxyl groups excluding tert-OH is 2. The molecule has 0 saturated carbocycles. The van der Waals surface area contributed by atoms with Crippen molar-refractivity contribution in [1.29, 1.82) is 0 Å². The second-order valence-electron chi connectivity index (χ2n) is 3.72. The van der Waals surface area contributed by atoms with Gasteiger partial charge in [-0.25, -0.2) is 4.79 Å². The maximum Gasteiger partial charge on any atom is 0.337 e. The molecule has 0 radical (unpaired) electrons. The molecule has 0 saturated heterocycles. The van der Waals surface area contributed by atoms with Crippen LogP contribution in [0.4, 0.5) is 0 Å². The van der Waals surface area contributed by atoms with Crippen molar-refractivity contribution >= 4 is 17.6 Å². The fourth-order valence-corrected chi connectivity index (χ4v) is 1.74. The van der Waals surface area contributed by atoms with Crippen LogP contribution in [0, 0.1) is 0 Å². The van der Waals surface area contributed by atoms with E-state index in [-0.39, 0.29) is 12.2 Å². The zero-order chi connectivity index (χ0) is 12.8. The number of carboxylic acid groups (broad SMARTS) is 1. The van der Waals surface area contributed by atoms with Gasteiger partial charge in [0, 0.05) is 5.88 Å². The van der Waals surface area contributed by atoms with Crippen molar-refractivity contribution in [2.75, 3.05) is 5.88 Å². The minimum Gasteiger partial charge on any atom is -0.479 e. The highest BCUT2D eigenvalue weighted by Gasteiger charge is 2.16. The average Bonchev–Trinajstić information content (AvgIpc) is 2.35. The van der Waals surface area contributed by atoms with Crippen LogP contribution in [0.15, 0.2) is 18.2 Å². The van der Waals surface area contributed by atoms with E-state index >= 15 is 0 Å². The monoisotopic (exact) mass is 258 g/mol. The first-order valence-electron chi connectivity index (χ1n) is 5.29. The summed E-state index contributed by atoms with van der Waals surface area (Å²) in [6.45, 7) is -0.183. The SMILES string of the molecule is O=C(O)C(O)c1ccc(CCCCl)c(CO)c1. The minimum absolute atomic E-state index is 0.183. The summed E-state index contributed by atoms with van der Waals surface area (Å²) in [5, 5.41) is 27.3. The smallest absolute Gasteiger partial charge is 0.337 e. The molecule has 1 atom stereocenters. The van der Waals surface area contributed by atoms with Gasteiger partial charge in [0.25, 0.3) is 0 Å². The number of benzene rings is 1.